The van der Waals surface area contributed by atoms with Crippen LogP contribution in [0.1, 0.15) is 13.8 Å². The number of carbonyl (C=O) groups is 1. The van der Waals surface area contributed by atoms with Crippen molar-refractivity contribution in [1.82, 2.24) is 5.32 Å². The van der Waals surface area contributed by atoms with Gasteiger partial charge in [-0.25, -0.2) is 0 Å². The third kappa shape index (κ3) is 3.90. The molecule has 15 heavy (non-hydrogen) atoms. The fourth-order valence-electron chi connectivity index (χ4n) is 0.922. The lowest BCUT2D eigenvalue weighted by Crippen LogP contribution is -2.47. The molecule has 0 aliphatic carbocycles. The van der Waals surface area contributed by atoms with Crippen LogP contribution in [0.5, 0.6) is 0 Å². The number of rotatable bonds is 3. The lowest BCUT2D eigenvalue weighted by molar-refractivity contribution is -0.121. The second kappa shape index (κ2) is 5.73. The highest BCUT2D eigenvalue weighted by Crippen LogP contribution is 2.09. The molecule has 1 aromatic carbocycles. The van der Waals surface area contributed by atoms with Crippen molar-refractivity contribution in [3.8, 4) is 0 Å². The standard InChI is InChI=1S/C11H16N2O.ClH/c1-11(2,12-3)10(14)13-9-7-5-4-6-8-9;/h4-8,12H,1-3H3,(H,13,14);1H. The average molecular weight is 229 g/mol. The van der Waals surface area contributed by atoms with Gasteiger partial charge in [0, 0.05) is 5.69 Å². The fourth-order valence-corrected chi connectivity index (χ4v) is 0.922. The van der Waals surface area contributed by atoms with Crippen molar-refractivity contribution >= 4 is 24.0 Å². The van der Waals surface area contributed by atoms with Gasteiger partial charge in [-0.3, -0.25) is 4.79 Å². The van der Waals surface area contributed by atoms with Gasteiger partial charge in [-0.2, -0.15) is 0 Å². The third-order valence-electron chi connectivity index (χ3n) is 2.22. The van der Waals surface area contributed by atoms with Crippen molar-refractivity contribution in [2.24, 2.45) is 0 Å². The van der Waals surface area contributed by atoms with Gasteiger partial charge in [0.25, 0.3) is 0 Å². The Balaban J connectivity index is 0.00000196. The van der Waals surface area contributed by atoms with Crippen molar-refractivity contribution in [3.05, 3.63) is 30.3 Å². The Morgan fingerprint density at radius 3 is 2.20 bits per heavy atom. The van der Waals surface area contributed by atoms with Gasteiger partial charge < -0.3 is 10.6 Å². The molecule has 0 aromatic heterocycles. The van der Waals surface area contributed by atoms with Gasteiger partial charge in [0.2, 0.25) is 5.91 Å². The molecule has 0 fully saturated rings. The summed E-state index contributed by atoms with van der Waals surface area (Å²) in [5, 5.41) is 5.78. The largest absolute Gasteiger partial charge is 0.325 e. The lowest BCUT2D eigenvalue weighted by atomic mass is 10.1. The van der Waals surface area contributed by atoms with Gasteiger partial charge in [-0.05, 0) is 33.0 Å². The molecule has 0 saturated heterocycles. The Morgan fingerprint density at radius 1 is 1.20 bits per heavy atom. The van der Waals surface area contributed by atoms with E-state index in [9.17, 15) is 4.79 Å². The third-order valence-corrected chi connectivity index (χ3v) is 2.22. The summed E-state index contributed by atoms with van der Waals surface area (Å²) in [6.45, 7) is 3.68. The summed E-state index contributed by atoms with van der Waals surface area (Å²) in [5.41, 5.74) is 0.274. The Hall–Kier alpha value is -1.06. The van der Waals surface area contributed by atoms with E-state index < -0.39 is 5.54 Å². The Kier molecular flexibility index (Phi) is 5.33. The van der Waals surface area contributed by atoms with Gasteiger partial charge in [-0.15, -0.1) is 12.4 Å². The summed E-state index contributed by atoms with van der Waals surface area (Å²) in [7, 11) is 1.77. The second-order valence-electron chi connectivity index (χ2n) is 3.70. The van der Waals surface area contributed by atoms with Crippen LogP contribution in [0.2, 0.25) is 0 Å². The van der Waals surface area contributed by atoms with E-state index in [0.717, 1.165) is 5.69 Å². The number of amides is 1. The molecule has 0 unspecified atom stereocenters. The van der Waals surface area contributed by atoms with E-state index in [1.807, 2.05) is 44.2 Å². The molecule has 0 heterocycles. The van der Waals surface area contributed by atoms with Crippen molar-refractivity contribution in [2.75, 3.05) is 12.4 Å². The summed E-state index contributed by atoms with van der Waals surface area (Å²) in [6.07, 6.45) is 0. The van der Waals surface area contributed by atoms with E-state index >= 15 is 0 Å². The second-order valence-corrected chi connectivity index (χ2v) is 3.70. The summed E-state index contributed by atoms with van der Waals surface area (Å²) >= 11 is 0. The minimum Gasteiger partial charge on any atom is -0.325 e. The van der Waals surface area contributed by atoms with Crippen molar-refractivity contribution < 1.29 is 4.79 Å². The SMILES string of the molecule is CNC(C)(C)C(=O)Nc1ccccc1.Cl. The number of nitrogens with one attached hydrogen (secondary N) is 2. The van der Waals surface area contributed by atoms with Crippen LogP contribution < -0.4 is 10.6 Å². The van der Waals surface area contributed by atoms with Crippen LogP contribution in [0.4, 0.5) is 5.69 Å². The highest BCUT2D eigenvalue weighted by atomic mass is 35.5. The maximum absolute atomic E-state index is 11.7. The molecule has 1 aromatic rings. The van der Waals surface area contributed by atoms with Gasteiger partial charge in [0.05, 0.1) is 5.54 Å². The molecule has 0 atom stereocenters. The van der Waals surface area contributed by atoms with Crippen molar-refractivity contribution in [3.63, 3.8) is 0 Å². The summed E-state index contributed by atoms with van der Waals surface area (Å²) < 4.78 is 0. The van der Waals surface area contributed by atoms with Gasteiger partial charge in [0.15, 0.2) is 0 Å². The Bertz CT molecular complexity index is 312. The smallest absolute Gasteiger partial charge is 0.244 e. The van der Waals surface area contributed by atoms with Crippen LogP contribution in [0.25, 0.3) is 0 Å². The van der Waals surface area contributed by atoms with E-state index in [4.69, 9.17) is 0 Å². The summed E-state index contributed by atoms with van der Waals surface area (Å²) in [5.74, 6) is -0.0359. The van der Waals surface area contributed by atoms with Gasteiger partial charge >= 0.3 is 0 Å². The first-order valence-corrected chi connectivity index (χ1v) is 4.61. The number of carbonyl (C=O) groups excluding carboxylic acids is 1. The van der Waals surface area contributed by atoms with Gasteiger partial charge in [0.1, 0.15) is 0 Å². The molecule has 0 bridgehead atoms. The highest BCUT2D eigenvalue weighted by molar-refractivity contribution is 5.97. The molecule has 84 valence electrons. The maximum Gasteiger partial charge on any atom is 0.244 e. The highest BCUT2D eigenvalue weighted by Gasteiger charge is 2.24. The number of hydrogen-bond donors (Lipinski definition) is 2. The van der Waals surface area contributed by atoms with Crippen LogP contribution in [-0.2, 0) is 4.79 Å². The zero-order valence-electron chi connectivity index (χ0n) is 9.20. The normalized spacial score (nSPS) is 10.3. The average Bonchev–Trinajstić information content (AvgIpc) is 2.19. The molecular weight excluding hydrogens is 212 g/mol. The summed E-state index contributed by atoms with van der Waals surface area (Å²) in [4.78, 5) is 11.7. The van der Waals surface area contributed by atoms with Crippen LogP contribution in [0.3, 0.4) is 0 Å². The molecule has 0 saturated carbocycles. The molecule has 1 amide bonds. The van der Waals surface area contributed by atoms with Crippen LogP contribution in [0, 0.1) is 0 Å². The molecule has 0 aliphatic rings. The van der Waals surface area contributed by atoms with E-state index in [0.29, 0.717) is 0 Å². The molecule has 0 aliphatic heterocycles. The van der Waals surface area contributed by atoms with Gasteiger partial charge in [-0.1, -0.05) is 18.2 Å². The summed E-state index contributed by atoms with van der Waals surface area (Å²) in [6, 6.07) is 9.43. The fraction of sp³-hybridized carbons (Fsp3) is 0.364. The Labute approximate surface area is 96.7 Å². The predicted molar refractivity (Wildman–Crippen MR) is 65.5 cm³/mol. The number of hydrogen-bond acceptors (Lipinski definition) is 2. The van der Waals surface area contributed by atoms with E-state index in [1.165, 1.54) is 0 Å². The topological polar surface area (TPSA) is 41.1 Å². The molecule has 3 nitrogen and oxygen atoms in total. The molecular formula is C11H17ClN2O. The maximum atomic E-state index is 11.7. The number of halogens is 1. The van der Waals surface area contributed by atoms with Crippen LogP contribution in [0.15, 0.2) is 30.3 Å². The molecule has 0 spiro atoms. The number of para-hydroxylation sites is 1. The number of likely N-dealkylation sites (N-methyl/N-ethyl adjacent to an activating group) is 1. The van der Waals surface area contributed by atoms with Crippen molar-refractivity contribution in [2.45, 2.75) is 19.4 Å². The van der Waals surface area contributed by atoms with E-state index in [1.54, 1.807) is 7.05 Å². The van der Waals surface area contributed by atoms with Crippen molar-refractivity contribution in [1.29, 1.82) is 0 Å². The van der Waals surface area contributed by atoms with Crippen LogP contribution in [-0.4, -0.2) is 18.5 Å². The quantitative estimate of drug-likeness (QED) is 0.832. The van der Waals surface area contributed by atoms with E-state index in [2.05, 4.69) is 10.6 Å². The van der Waals surface area contributed by atoms with Crippen LogP contribution >= 0.6 is 12.4 Å². The minimum atomic E-state index is -0.546. The monoisotopic (exact) mass is 228 g/mol. The predicted octanol–water partition coefficient (Wildman–Crippen LogP) is 2.04. The first-order valence-electron chi connectivity index (χ1n) is 4.61. The molecule has 2 N–H and O–H groups in total. The number of anilines is 1. The zero-order valence-corrected chi connectivity index (χ0v) is 10.0. The molecule has 4 heteroatoms. The number of benzene rings is 1. The molecule has 1 rings (SSSR count). The molecule has 0 radical (unpaired) electrons. The Morgan fingerprint density at radius 2 is 1.73 bits per heavy atom. The lowest BCUT2D eigenvalue weighted by Gasteiger charge is -2.22. The first kappa shape index (κ1) is 13.9. The minimum absolute atomic E-state index is 0. The first-order chi connectivity index (χ1) is 6.56. The zero-order chi connectivity index (χ0) is 10.6. The van der Waals surface area contributed by atoms with E-state index in [-0.39, 0.29) is 18.3 Å².